The Morgan fingerprint density at radius 1 is 1.05 bits per heavy atom. The molecule has 3 nitrogen and oxygen atoms in total. The van der Waals surface area contributed by atoms with Gasteiger partial charge in [-0.15, -0.1) is 11.3 Å². The highest BCUT2D eigenvalue weighted by molar-refractivity contribution is 7.12. The lowest BCUT2D eigenvalue weighted by Gasteiger charge is -2.04. The number of nitrogen functional groups attached to an aromatic ring is 1. The highest BCUT2D eigenvalue weighted by Gasteiger charge is 2.11. The zero-order valence-electron chi connectivity index (χ0n) is 11.5. The van der Waals surface area contributed by atoms with E-state index in [1.807, 2.05) is 11.4 Å². The fraction of sp³-hybridized carbons (Fsp3) is 0. The zero-order valence-corrected chi connectivity index (χ0v) is 12.4. The fourth-order valence-corrected chi connectivity index (χ4v) is 2.89. The molecule has 0 saturated carbocycles. The van der Waals surface area contributed by atoms with Crippen molar-refractivity contribution >= 4 is 28.6 Å². The first-order valence-corrected chi connectivity index (χ1v) is 7.51. The molecule has 1 aromatic heterocycles. The van der Waals surface area contributed by atoms with Gasteiger partial charge in [-0.05, 0) is 52.9 Å². The summed E-state index contributed by atoms with van der Waals surface area (Å²) >= 11 is 1.32. The summed E-state index contributed by atoms with van der Waals surface area (Å²) in [6.07, 6.45) is 0. The molecule has 22 heavy (non-hydrogen) atoms. The summed E-state index contributed by atoms with van der Waals surface area (Å²) in [7, 11) is 0. The zero-order chi connectivity index (χ0) is 15.5. The molecule has 0 aliphatic rings. The van der Waals surface area contributed by atoms with Gasteiger partial charge >= 0.3 is 0 Å². The minimum Gasteiger partial charge on any atom is -0.399 e. The van der Waals surface area contributed by atoms with Crippen LogP contribution >= 0.6 is 11.3 Å². The second kappa shape index (κ2) is 5.99. The van der Waals surface area contributed by atoms with Gasteiger partial charge in [-0.1, -0.05) is 18.2 Å². The van der Waals surface area contributed by atoms with E-state index < -0.39 is 0 Å². The summed E-state index contributed by atoms with van der Waals surface area (Å²) < 4.78 is 13.3. The molecule has 1 amide bonds. The van der Waals surface area contributed by atoms with Gasteiger partial charge in [0.15, 0.2) is 0 Å². The van der Waals surface area contributed by atoms with Crippen LogP contribution in [0.3, 0.4) is 0 Å². The van der Waals surface area contributed by atoms with Gasteiger partial charge in [-0.2, -0.15) is 0 Å². The molecule has 0 aliphatic heterocycles. The van der Waals surface area contributed by atoms with E-state index in [1.54, 1.807) is 36.4 Å². The maximum Gasteiger partial charge on any atom is 0.265 e. The second-order valence-electron chi connectivity index (χ2n) is 4.79. The van der Waals surface area contributed by atoms with Gasteiger partial charge in [0.05, 0.1) is 4.88 Å². The Labute approximate surface area is 131 Å². The van der Waals surface area contributed by atoms with Crippen LogP contribution in [-0.4, -0.2) is 5.91 Å². The van der Waals surface area contributed by atoms with E-state index in [0.717, 1.165) is 11.1 Å². The average molecular weight is 312 g/mol. The Bertz CT molecular complexity index is 829. The van der Waals surface area contributed by atoms with Crippen LogP contribution in [0.4, 0.5) is 15.8 Å². The van der Waals surface area contributed by atoms with Gasteiger partial charge in [-0.25, -0.2) is 4.39 Å². The van der Waals surface area contributed by atoms with Crippen LogP contribution in [0.2, 0.25) is 0 Å². The standard InChI is InChI=1S/C17H13FN2OS/c18-13-4-1-3-11(7-13)12-8-16(22-10-12)17(21)20-15-6-2-5-14(19)9-15/h1-10H,19H2,(H,20,21). The number of carbonyl (C=O) groups excluding carboxylic acids is 1. The number of thiophene rings is 1. The number of halogens is 1. The van der Waals surface area contributed by atoms with E-state index in [1.165, 1.54) is 23.5 Å². The smallest absolute Gasteiger partial charge is 0.265 e. The third-order valence-electron chi connectivity index (χ3n) is 3.13. The molecule has 110 valence electrons. The van der Waals surface area contributed by atoms with Gasteiger partial charge < -0.3 is 11.1 Å². The molecule has 0 fully saturated rings. The van der Waals surface area contributed by atoms with E-state index in [4.69, 9.17) is 5.73 Å². The lowest BCUT2D eigenvalue weighted by molar-refractivity contribution is 0.103. The molecule has 0 unspecified atom stereocenters. The molecule has 3 rings (SSSR count). The summed E-state index contributed by atoms with van der Waals surface area (Å²) in [5.41, 5.74) is 8.49. The minimum atomic E-state index is -0.297. The van der Waals surface area contributed by atoms with Crippen LogP contribution < -0.4 is 11.1 Å². The fourth-order valence-electron chi connectivity index (χ4n) is 2.08. The van der Waals surface area contributed by atoms with Crippen molar-refractivity contribution in [3.8, 4) is 11.1 Å². The summed E-state index contributed by atoms with van der Waals surface area (Å²) in [6.45, 7) is 0. The van der Waals surface area contributed by atoms with Gasteiger partial charge in [-0.3, -0.25) is 4.79 Å². The lowest BCUT2D eigenvalue weighted by atomic mass is 10.1. The predicted octanol–water partition coefficient (Wildman–Crippen LogP) is 4.39. The van der Waals surface area contributed by atoms with Crippen LogP contribution in [0.15, 0.2) is 60.0 Å². The third kappa shape index (κ3) is 3.15. The van der Waals surface area contributed by atoms with E-state index in [2.05, 4.69) is 5.32 Å². The Balaban J connectivity index is 1.80. The van der Waals surface area contributed by atoms with Crippen LogP contribution in [0, 0.1) is 5.82 Å². The molecule has 0 saturated heterocycles. The molecule has 3 aromatic rings. The first kappa shape index (κ1) is 14.3. The van der Waals surface area contributed by atoms with Crippen molar-refractivity contribution in [1.82, 2.24) is 0 Å². The lowest BCUT2D eigenvalue weighted by Crippen LogP contribution is -2.10. The summed E-state index contributed by atoms with van der Waals surface area (Å²) in [5.74, 6) is -0.507. The maximum atomic E-state index is 13.3. The number of nitrogens with two attached hydrogens (primary N) is 1. The normalized spacial score (nSPS) is 10.4. The number of nitrogens with one attached hydrogen (secondary N) is 1. The highest BCUT2D eigenvalue weighted by Crippen LogP contribution is 2.27. The Morgan fingerprint density at radius 2 is 1.86 bits per heavy atom. The largest absolute Gasteiger partial charge is 0.399 e. The number of rotatable bonds is 3. The number of carbonyl (C=O) groups is 1. The maximum absolute atomic E-state index is 13.3. The molecule has 2 aromatic carbocycles. The highest BCUT2D eigenvalue weighted by atomic mass is 32.1. The van der Waals surface area contributed by atoms with E-state index in [-0.39, 0.29) is 11.7 Å². The van der Waals surface area contributed by atoms with Crippen molar-refractivity contribution in [2.24, 2.45) is 0 Å². The van der Waals surface area contributed by atoms with Crippen molar-refractivity contribution in [1.29, 1.82) is 0 Å². The third-order valence-corrected chi connectivity index (χ3v) is 4.05. The average Bonchev–Trinajstić information content (AvgIpc) is 2.97. The molecule has 0 atom stereocenters. The van der Waals surface area contributed by atoms with Crippen LogP contribution in [0.1, 0.15) is 9.67 Å². The quantitative estimate of drug-likeness (QED) is 0.705. The number of hydrogen-bond donors (Lipinski definition) is 2. The molecule has 0 radical (unpaired) electrons. The van der Waals surface area contributed by atoms with E-state index >= 15 is 0 Å². The number of hydrogen-bond acceptors (Lipinski definition) is 3. The first-order chi connectivity index (χ1) is 10.6. The topological polar surface area (TPSA) is 55.1 Å². The summed E-state index contributed by atoms with van der Waals surface area (Å²) in [6, 6.07) is 15.0. The number of amides is 1. The first-order valence-electron chi connectivity index (χ1n) is 6.63. The van der Waals surface area contributed by atoms with E-state index in [9.17, 15) is 9.18 Å². The van der Waals surface area contributed by atoms with Crippen LogP contribution in [-0.2, 0) is 0 Å². The summed E-state index contributed by atoms with van der Waals surface area (Å²) in [4.78, 5) is 12.8. The number of benzene rings is 2. The molecule has 3 N–H and O–H groups in total. The van der Waals surface area contributed by atoms with Gasteiger partial charge in [0.25, 0.3) is 5.91 Å². The van der Waals surface area contributed by atoms with Crippen LogP contribution in [0.5, 0.6) is 0 Å². The van der Waals surface area contributed by atoms with E-state index in [0.29, 0.717) is 16.3 Å². The molecular formula is C17H13FN2OS. The Morgan fingerprint density at radius 3 is 2.64 bits per heavy atom. The second-order valence-corrected chi connectivity index (χ2v) is 5.70. The van der Waals surface area contributed by atoms with Gasteiger partial charge in [0.2, 0.25) is 0 Å². The SMILES string of the molecule is Nc1cccc(NC(=O)c2cc(-c3cccc(F)c3)cs2)c1. The van der Waals surface area contributed by atoms with Crippen molar-refractivity contribution in [3.05, 3.63) is 70.7 Å². The molecule has 1 heterocycles. The molecule has 0 aliphatic carbocycles. The Kier molecular flexibility index (Phi) is 3.89. The van der Waals surface area contributed by atoms with Crippen molar-refractivity contribution in [2.45, 2.75) is 0 Å². The molecule has 5 heteroatoms. The minimum absolute atomic E-state index is 0.210. The van der Waals surface area contributed by atoms with Gasteiger partial charge in [0, 0.05) is 11.4 Å². The van der Waals surface area contributed by atoms with Crippen molar-refractivity contribution in [3.63, 3.8) is 0 Å². The predicted molar refractivity (Wildman–Crippen MR) is 88.5 cm³/mol. The van der Waals surface area contributed by atoms with Crippen molar-refractivity contribution in [2.75, 3.05) is 11.1 Å². The number of anilines is 2. The molecular weight excluding hydrogens is 299 g/mol. The van der Waals surface area contributed by atoms with Crippen molar-refractivity contribution < 1.29 is 9.18 Å². The van der Waals surface area contributed by atoms with Gasteiger partial charge in [0.1, 0.15) is 5.82 Å². The Hall–Kier alpha value is -2.66. The monoisotopic (exact) mass is 312 g/mol. The molecule has 0 spiro atoms. The molecule has 0 bridgehead atoms. The van der Waals surface area contributed by atoms with Crippen LogP contribution in [0.25, 0.3) is 11.1 Å². The summed E-state index contributed by atoms with van der Waals surface area (Å²) in [5, 5.41) is 4.63.